The van der Waals surface area contributed by atoms with E-state index in [-0.39, 0.29) is 11.8 Å². The third-order valence-electron chi connectivity index (χ3n) is 4.93. The Kier molecular flexibility index (Phi) is 4.14. The van der Waals surface area contributed by atoms with Crippen molar-refractivity contribution in [3.63, 3.8) is 0 Å². The van der Waals surface area contributed by atoms with Crippen molar-refractivity contribution >= 4 is 22.6 Å². The number of hydrogen-bond acceptors (Lipinski definition) is 3. The number of nitrogens with one attached hydrogen (secondary N) is 2. The van der Waals surface area contributed by atoms with Crippen LogP contribution in [0.25, 0.3) is 22.0 Å². The minimum absolute atomic E-state index is 0.0859. The Morgan fingerprint density at radius 2 is 1.96 bits per heavy atom. The highest BCUT2D eigenvalue weighted by atomic mass is 16.5. The van der Waals surface area contributed by atoms with Crippen molar-refractivity contribution in [2.24, 2.45) is 5.92 Å². The first-order valence-corrected chi connectivity index (χ1v) is 8.68. The smallest absolute Gasteiger partial charge is 0.228 e. The van der Waals surface area contributed by atoms with Gasteiger partial charge in [-0.1, -0.05) is 31.0 Å². The molecular weight excluding hydrogens is 314 g/mol. The summed E-state index contributed by atoms with van der Waals surface area (Å²) in [6.07, 6.45) is 4.24. The van der Waals surface area contributed by atoms with Gasteiger partial charge < -0.3 is 10.1 Å². The van der Waals surface area contributed by atoms with Crippen LogP contribution in [0.5, 0.6) is 5.75 Å². The van der Waals surface area contributed by atoms with Crippen molar-refractivity contribution in [3.8, 4) is 16.9 Å². The highest BCUT2D eigenvalue weighted by Crippen LogP contribution is 2.30. The quantitative estimate of drug-likeness (QED) is 0.744. The van der Waals surface area contributed by atoms with Crippen LogP contribution in [0, 0.1) is 5.92 Å². The lowest BCUT2D eigenvalue weighted by molar-refractivity contribution is -0.119. The minimum Gasteiger partial charge on any atom is -0.497 e. The molecule has 1 saturated carbocycles. The average Bonchev–Trinajstić information content (AvgIpc) is 3.32. The topological polar surface area (TPSA) is 67.0 Å². The van der Waals surface area contributed by atoms with Gasteiger partial charge >= 0.3 is 0 Å². The lowest BCUT2D eigenvalue weighted by Crippen LogP contribution is -2.20. The Bertz CT molecular complexity index is 910. The molecule has 25 heavy (non-hydrogen) atoms. The number of fused-ring (bicyclic) bond motifs is 1. The Balaban J connectivity index is 1.61. The zero-order valence-electron chi connectivity index (χ0n) is 14.2. The SMILES string of the molecule is COc1cccc(-c2ccc3c(NC(=O)C4CCCC4)n[nH]c3c2)c1. The molecule has 1 amide bonds. The fraction of sp³-hybridized carbons (Fsp3) is 0.300. The Morgan fingerprint density at radius 3 is 2.76 bits per heavy atom. The number of nitrogens with zero attached hydrogens (tertiary/aromatic N) is 1. The minimum atomic E-state index is 0.0859. The molecular formula is C20H21N3O2. The summed E-state index contributed by atoms with van der Waals surface area (Å²) in [5.41, 5.74) is 3.05. The third-order valence-corrected chi connectivity index (χ3v) is 4.93. The van der Waals surface area contributed by atoms with E-state index in [9.17, 15) is 4.79 Å². The molecule has 5 nitrogen and oxygen atoms in total. The fourth-order valence-electron chi connectivity index (χ4n) is 3.50. The number of carbonyl (C=O) groups is 1. The third kappa shape index (κ3) is 3.09. The highest BCUT2D eigenvalue weighted by molar-refractivity contribution is 6.01. The van der Waals surface area contributed by atoms with E-state index in [1.807, 2.05) is 42.5 Å². The highest BCUT2D eigenvalue weighted by Gasteiger charge is 2.23. The van der Waals surface area contributed by atoms with Gasteiger partial charge in [0.2, 0.25) is 5.91 Å². The number of aromatic nitrogens is 2. The summed E-state index contributed by atoms with van der Waals surface area (Å²) < 4.78 is 5.29. The van der Waals surface area contributed by atoms with Gasteiger partial charge in [0.15, 0.2) is 5.82 Å². The second-order valence-electron chi connectivity index (χ2n) is 6.54. The van der Waals surface area contributed by atoms with Gasteiger partial charge in [-0.25, -0.2) is 0 Å². The lowest BCUT2D eigenvalue weighted by Gasteiger charge is -2.08. The average molecular weight is 335 g/mol. The number of aromatic amines is 1. The number of benzene rings is 2. The monoisotopic (exact) mass is 335 g/mol. The summed E-state index contributed by atoms with van der Waals surface area (Å²) in [4.78, 5) is 12.3. The number of methoxy groups -OCH3 is 1. The zero-order chi connectivity index (χ0) is 17.2. The van der Waals surface area contributed by atoms with Crippen molar-refractivity contribution in [1.29, 1.82) is 0 Å². The predicted molar refractivity (Wildman–Crippen MR) is 98.7 cm³/mol. The number of anilines is 1. The second-order valence-corrected chi connectivity index (χ2v) is 6.54. The van der Waals surface area contributed by atoms with Gasteiger partial charge in [0, 0.05) is 11.3 Å². The maximum Gasteiger partial charge on any atom is 0.228 e. The largest absolute Gasteiger partial charge is 0.497 e. The Labute approximate surface area is 146 Å². The van der Waals surface area contributed by atoms with Crippen LogP contribution in [0.15, 0.2) is 42.5 Å². The molecule has 1 aliphatic rings. The Hall–Kier alpha value is -2.82. The van der Waals surface area contributed by atoms with E-state index in [4.69, 9.17) is 4.74 Å². The van der Waals surface area contributed by atoms with Crippen molar-refractivity contribution in [1.82, 2.24) is 10.2 Å². The van der Waals surface area contributed by atoms with Gasteiger partial charge in [0.1, 0.15) is 5.75 Å². The lowest BCUT2D eigenvalue weighted by atomic mass is 10.0. The van der Waals surface area contributed by atoms with Crippen LogP contribution in [0.3, 0.4) is 0 Å². The number of H-pyrrole nitrogens is 1. The molecule has 128 valence electrons. The summed E-state index contributed by atoms with van der Waals surface area (Å²) in [5, 5.41) is 11.2. The molecule has 4 rings (SSSR count). The molecule has 0 aliphatic heterocycles. The first-order valence-electron chi connectivity index (χ1n) is 8.68. The summed E-state index contributed by atoms with van der Waals surface area (Å²) in [6.45, 7) is 0. The van der Waals surface area contributed by atoms with Crippen molar-refractivity contribution in [3.05, 3.63) is 42.5 Å². The fourth-order valence-corrected chi connectivity index (χ4v) is 3.50. The van der Waals surface area contributed by atoms with E-state index in [1.165, 1.54) is 0 Å². The predicted octanol–water partition coefficient (Wildman–Crippen LogP) is 4.37. The van der Waals surface area contributed by atoms with Crippen LogP contribution in [0.1, 0.15) is 25.7 Å². The molecule has 0 bridgehead atoms. The van der Waals surface area contributed by atoms with Crippen molar-refractivity contribution < 1.29 is 9.53 Å². The molecule has 1 heterocycles. The van der Waals surface area contributed by atoms with Crippen LogP contribution in [0.2, 0.25) is 0 Å². The second kappa shape index (κ2) is 6.59. The van der Waals surface area contributed by atoms with Crippen LogP contribution >= 0.6 is 0 Å². The summed E-state index contributed by atoms with van der Waals surface area (Å²) in [5.74, 6) is 1.65. The molecule has 5 heteroatoms. The molecule has 2 aromatic carbocycles. The van der Waals surface area contributed by atoms with Gasteiger partial charge in [0.25, 0.3) is 0 Å². The molecule has 0 radical (unpaired) electrons. The van der Waals surface area contributed by atoms with E-state index in [2.05, 4.69) is 15.5 Å². The number of amides is 1. The molecule has 1 aliphatic carbocycles. The molecule has 0 atom stereocenters. The van der Waals surface area contributed by atoms with Crippen LogP contribution in [0.4, 0.5) is 5.82 Å². The van der Waals surface area contributed by atoms with Gasteiger partial charge in [-0.05, 0) is 48.2 Å². The first-order chi connectivity index (χ1) is 12.2. The van der Waals surface area contributed by atoms with Gasteiger partial charge in [0.05, 0.1) is 12.6 Å². The van der Waals surface area contributed by atoms with Gasteiger partial charge in [-0.3, -0.25) is 9.89 Å². The van der Waals surface area contributed by atoms with Crippen LogP contribution < -0.4 is 10.1 Å². The van der Waals surface area contributed by atoms with Crippen LogP contribution in [-0.4, -0.2) is 23.2 Å². The molecule has 1 aromatic heterocycles. The van der Waals surface area contributed by atoms with Crippen molar-refractivity contribution in [2.75, 3.05) is 12.4 Å². The normalized spacial score (nSPS) is 14.8. The number of hydrogen-bond donors (Lipinski definition) is 2. The molecule has 2 N–H and O–H groups in total. The van der Waals surface area contributed by atoms with E-state index in [1.54, 1.807) is 7.11 Å². The number of carbonyl (C=O) groups excluding carboxylic acids is 1. The summed E-state index contributed by atoms with van der Waals surface area (Å²) in [7, 11) is 1.66. The van der Waals surface area contributed by atoms with Crippen molar-refractivity contribution in [2.45, 2.75) is 25.7 Å². The standard InChI is InChI=1S/C20H21N3O2/c1-25-16-8-4-7-14(11-16)15-9-10-17-18(12-15)22-23-19(17)21-20(24)13-5-2-3-6-13/h4,7-13H,2-3,5-6H2,1H3,(H2,21,22,23,24). The summed E-state index contributed by atoms with van der Waals surface area (Å²) in [6, 6.07) is 14.0. The molecule has 0 unspecified atom stereocenters. The molecule has 0 spiro atoms. The van der Waals surface area contributed by atoms with E-state index in [0.29, 0.717) is 5.82 Å². The Morgan fingerprint density at radius 1 is 1.16 bits per heavy atom. The zero-order valence-corrected chi connectivity index (χ0v) is 14.2. The van der Waals surface area contributed by atoms with E-state index >= 15 is 0 Å². The maximum atomic E-state index is 12.3. The van der Waals surface area contributed by atoms with Crippen LogP contribution in [-0.2, 0) is 4.79 Å². The number of ether oxygens (including phenoxy) is 1. The maximum absolute atomic E-state index is 12.3. The van der Waals surface area contributed by atoms with E-state index in [0.717, 1.165) is 53.5 Å². The van der Waals surface area contributed by atoms with E-state index < -0.39 is 0 Å². The first kappa shape index (κ1) is 15.7. The van der Waals surface area contributed by atoms with Gasteiger partial charge in [-0.2, -0.15) is 5.10 Å². The molecule has 0 saturated heterocycles. The molecule has 3 aromatic rings. The summed E-state index contributed by atoms with van der Waals surface area (Å²) >= 11 is 0. The number of rotatable bonds is 4. The van der Waals surface area contributed by atoms with Gasteiger partial charge in [-0.15, -0.1) is 0 Å². The molecule has 1 fully saturated rings.